The lowest BCUT2D eigenvalue weighted by atomic mass is 10.1. The van der Waals surface area contributed by atoms with Gasteiger partial charge in [0.1, 0.15) is 11.4 Å². The minimum absolute atomic E-state index is 0. The number of carboxylic acids is 1. The molecular weight excluding hydrogens is 365 g/mol. The van der Waals surface area contributed by atoms with E-state index in [2.05, 4.69) is 0 Å². The highest BCUT2D eigenvalue weighted by atomic mass is 35.5. The van der Waals surface area contributed by atoms with Gasteiger partial charge in [0.2, 0.25) is 5.43 Å². The minimum atomic E-state index is -1.33. The number of aromatic carboxylic acids is 1. The first-order valence-corrected chi connectivity index (χ1v) is 8.57. The van der Waals surface area contributed by atoms with Crippen LogP contribution < -0.4 is 16.1 Å². The molecule has 1 aliphatic heterocycles. The molecule has 1 aromatic carbocycles. The third kappa shape index (κ3) is 2.84. The number of hydrogen-bond donors (Lipinski definition) is 2. The summed E-state index contributed by atoms with van der Waals surface area (Å²) in [7, 11) is 0. The van der Waals surface area contributed by atoms with Crippen molar-refractivity contribution in [1.29, 1.82) is 0 Å². The number of nitrogens with two attached hydrogens (primary N) is 1. The molecular formula is C17H19ClFN3O4. The van der Waals surface area contributed by atoms with E-state index in [9.17, 15) is 19.1 Å². The summed E-state index contributed by atoms with van der Waals surface area (Å²) in [6, 6.07) is 1.14. The second-order valence-electron chi connectivity index (χ2n) is 6.73. The Bertz CT molecular complexity index is 957. The highest BCUT2D eigenvalue weighted by Gasteiger charge is 2.31. The Kier molecular flexibility index (Phi) is 4.68. The van der Waals surface area contributed by atoms with Gasteiger partial charge in [-0.05, 0) is 25.3 Å². The number of halogens is 2. The van der Waals surface area contributed by atoms with Gasteiger partial charge in [-0.15, -0.1) is 0 Å². The fraction of sp³-hybridized carbons (Fsp3) is 0.412. The van der Waals surface area contributed by atoms with Crippen molar-refractivity contribution >= 4 is 34.2 Å². The maximum atomic E-state index is 14.8. The second kappa shape index (κ2) is 6.53. The summed E-state index contributed by atoms with van der Waals surface area (Å²) in [5, 5.41) is 9.43. The van der Waals surface area contributed by atoms with E-state index in [0.717, 1.165) is 25.3 Å². The molecule has 1 atom stereocenters. The zero-order valence-electron chi connectivity index (χ0n) is 13.8. The van der Waals surface area contributed by atoms with Gasteiger partial charge in [0.05, 0.1) is 21.6 Å². The molecule has 7 nitrogen and oxygen atoms in total. The van der Waals surface area contributed by atoms with Gasteiger partial charge in [0.25, 0.3) is 0 Å². The summed E-state index contributed by atoms with van der Waals surface area (Å²) in [5.74, 6) is -1.96. The number of anilines is 1. The van der Waals surface area contributed by atoms with Crippen LogP contribution in [0.25, 0.3) is 10.9 Å². The molecule has 1 unspecified atom stereocenters. The number of pyridine rings is 1. The molecule has 9 heteroatoms. The quantitative estimate of drug-likeness (QED) is 0.832. The molecule has 26 heavy (non-hydrogen) atoms. The van der Waals surface area contributed by atoms with Crippen LogP contribution in [0.4, 0.5) is 10.1 Å². The number of aromatic nitrogens is 1. The lowest BCUT2D eigenvalue weighted by molar-refractivity contribution is 0.0695. The SMILES string of the molecule is NC1CCN(c2c(F)cc3c(=O)c(C(=O)O)cn(C4CC4)c3c2Cl)C1.O. The zero-order valence-corrected chi connectivity index (χ0v) is 14.6. The molecule has 1 saturated carbocycles. The summed E-state index contributed by atoms with van der Waals surface area (Å²) in [6.07, 6.45) is 3.80. The van der Waals surface area contributed by atoms with E-state index in [1.54, 1.807) is 9.47 Å². The van der Waals surface area contributed by atoms with Gasteiger partial charge in [-0.25, -0.2) is 9.18 Å². The van der Waals surface area contributed by atoms with Crippen LogP contribution in [0.15, 0.2) is 17.1 Å². The van der Waals surface area contributed by atoms with E-state index in [-0.39, 0.29) is 39.2 Å². The van der Waals surface area contributed by atoms with Crippen LogP contribution in [0.5, 0.6) is 0 Å². The molecule has 140 valence electrons. The summed E-state index contributed by atoms with van der Waals surface area (Å²) >= 11 is 6.53. The number of fused-ring (bicyclic) bond motifs is 1. The normalized spacial score (nSPS) is 19.7. The van der Waals surface area contributed by atoms with Crippen molar-refractivity contribution in [2.24, 2.45) is 5.73 Å². The fourth-order valence-electron chi connectivity index (χ4n) is 3.50. The largest absolute Gasteiger partial charge is 0.477 e. The fourth-order valence-corrected chi connectivity index (χ4v) is 3.91. The topological polar surface area (TPSA) is 120 Å². The molecule has 2 aromatic rings. The molecule has 1 aliphatic carbocycles. The van der Waals surface area contributed by atoms with Crippen LogP contribution in [-0.2, 0) is 0 Å². The molecule has 0 bridgehead atoms. The Morgan fingerprint density at radius 3 is 2.58 bits per heavy atom. The Morgan fingerprint density at radius 2 is 2.04 bits per heavy atom. The first-order valence-electron chi connectivity index (χ1n) is 8.19. The van der Waals surface area contributed by atoms with Crippen molar-refractivity contribution in [3.05, 3.63) is 38.9 Å². The van der Waals surface area contributed by atoms with Crippen molar-refractivity contribution < 1.29 is 19.8 Å². The molecule has 1 aromatic heterocycles. The first-order chi connectivity index (χ1) is 11.9. The van der Waals surface area contributed by atoms with Crippen molar-refractivity contribution in [3.8, 4) is 0 Å². The lowest BCUT2D eigenvalue weighted by Gasteiger charge is -2.23. The molecule has 0 amide bonds. The van der Waals surface area contributed by atoms with Crippen molar-refractivity contribution in [3.63, 3.8) is 0 Å². The zero-order chi connectivity index (χ0) is 17.9. The number of nitrogens with zero attached hydrogens (tertiary/aromatic N) is 2. The number of hydrogen-bond acceptors (Lipinski definition) is 4. The monoisotopic (exact) mass is 383 g/mol. The first kappa shape index (κ1) is 18.6. The standard InChI is InChI=1S/C17H17ClFN3O3.H2O/c18-13-14-10(5-12(19)15(13)21-4-3-8(20)6-21)16(23)11(17(24)25)7-22(14)9-1-2-9;/h5,7-9H,1-4,6,20H2,(H,24,25);1H2. The molecule has 2 heterocycles. The molecule has 5 N–H and O–H groups in total. The van der Waals surface area contributed by atoms with E-state index in [1.807, 2.05) is 0 Å². The van der Waals surface area contributed by atoms with Crippen LogP contribution >= 0.6 is 11.6 Å². The maximum absolute atomic E-state index is 14.8. The van der Waals surface area contributed by atoms with Crippen LogP contribution in [-0.4, -0.2) is 40.3 Å². The van der Waals surface area contributed by atoms with Gasteiger partial charge in [-0.2, -0.15) is 0 Å². The van der Waals surface area contributed by atoms with E-state index in [4.69, 9.17) is 17.3 Å². The average molecular weight is 384 g/mol. The molecule has 4 rings (SSSR count). The number of benzene rings is 1. The summed E-state index contributed by atoms with van der Waals surface area (Å²) in [5.41, 5.74) is 5.46. The van der Waals surface area contributed by atoms with Gasteiger partial charge >= 0.3 is 5.97 Å². The van der Waals surface area contributed by atoms with Gasteiger partial charge in [0.15, 0.2) is 0 Å². The third-order valence-electron chi connectivity index (χ3n) is 4.90. The number of rotatable bonds is 3. The molecule has 0 spiro atoms. The average Bonchev–Trinajstić information content (AvgIpc) is 3.30. The van der Waals surface area contributed by atoms with Crippen molar-refractivity contribution in [1.82, 2.24) is 4.57 Å². The Morgan fingerprint density at radius 1 is 1.35 bits per heavy atom. The van der Waals surface area contributed by atoms with Crippen LogP contribution in [0.3, 0.4) is 0 Å². The predicted octanol–water partition coefficient (Wildman–Crippen LogP) is 1.54. The minimum Gasteiger partial charge on any atom is -0.477 e. The summed E-state index contributed by atoms with van der Waals surface area (Å²) in [6.45, 7) is 1.08. The molecule has 0 radical (unpaired) electrons. The van der Waals surface area contributed by atoms with Crippen LogP contribution in [0.2, 0.25) is 5.02 Å². The van der Waals surface area contributed by atoms with Crippen LogP contribution in [0, 0.1) is 5.82 Å². The summed E-state index contributed by atoms with van der Waals surface area (Å²) < 4.78 is 16.5. The number of carbonyl (C=O) groups is 1. The highest BCUT2D eigenvalue weighted by molar-refractivity contribution is 6.38. The molecule has 2 fully saturated rings. The Hall–Kier alpha value is -2.16. The smallest absolute Gasteiger partial charge is 0.341 e. The van der Waals surface area contributed by atoms with Gasteiger partial charge in [0, 0.05) is 31.4 Å². The maximum Gasteiger partial charge on any atom is 0.341 e. The van der Waals surface area contributed by atoms with Crippen molar-refractivity contribution in [2.45, 2.75) is 31.3 Å². The van der Waals surface area contributed by atoms with Gasteiger partial charge in [-0.3, -0.25) is 4.79 Å². The van der Waals surface area contributed by atoms with Crippen LogP contribution in [0.1, 0.15) is 35.7 Å². The van der Waals surface area contributed by atoms with Gasteiger partial charge in [-0.1, -0.05) is 11.6 Å². The van der Waals surface area contributed by atoms with E-state index in [0.29, 0.717) is 18.6 Å². The van der Waals surface area contributed by atoms with Gasteiger partial charge < -0.3 is 25.8 Å². The lowest BCUT2D eigenvalue weighted by Crippen LogP contribution is -2.27. The van der Waals surface area contributed by atoms with E-state index < -0.39 is 17.2 Å². The third-order valence-corrected chi connectivity index (χ3v) is 5.25. The molecule has 1 saturated heterocycles. The molecule has 2 aliphatic rings. The van der Waals surface area contributed by atoms with Crippen molar-refractivity contribution in [2.75, 3.05) is 18.0 Å². The predicted molar refractivity (Wildman–Crippen MR) is 96.8 cm³/mol. The van der Waals surface area contributed by atoms with E-state index >= 15 is 0 Å². The Balaban J connectivity index is 0.00000196. The second-order valence-corrected chi connectivity index (χ2v) is 7.11. The van der Waals surface area contributed by atoms with E-state index in [1.165, 1.54) is 6.20 Å². The number of carboxylic acid groups (broad SMARTS) is 1. The highest BCUT2D eigenvalue weighted by Crippen LogP contribution is 2.42. The summed E-state index contributed by atoms with van der Waals surface area (Å²) in [4.78, 5) is 25.7. The Labute approximate surface area is 153 Å².